The Balaban J connectivity index is 2.15. The normalized spacial score (nSPS) is 17.2. The van der Waals surface area contributed by atoms with Gasteiger partial charge in [0.2, 0.25) is 0 Å². The third kappa shape index (κ3) is 2.94. The second-order valence-electron chi connectivity index (χ2n) is 4.73. The van der Waals surface area contributed by atoms with Gasteiger partial charge in [-0.3, -0.25) is 0 Å². The highest BCUT2D eigenvalue weighted by atomic mass is 19.3. The zero-order valence-corrected chi connectivity index (χ0v) is 9.88. The van der Waals surface area contributed by atoms with Crippen LogP contribution in [0.5, 0.6) is 5.75 Å². The lowest BCUT2D eigenvalue weighted by Gasteiger charge is -2.13. The van der Waals surface area contributed by atoms with Crippen LogP contribution in [0.2, 0.25) is 0 Å². The van der Waals surface area contributed by atoms with Crippen LogP contribution in [0.4, 0.5) is 8.78 Å². The highest BCUT2D eigenvalue weighted by Gasteiger charge is 2.37. The van der Waals surface area contributed by atoms with Crippen LogP contribution in [-0.2, 0) is 6.42 Å². The topological polar surface area (TPSA) is 35.2 Å². The Labute approximate surface area is 99.8 Å². The summed E-state index contributed by atoms with van der Waals surface area (Å²) in [6.07, 6.45) is 0.915. The van der Waals surface area contributed by atoms with E-state index < -0.39 is 6.43 Å². The quantitative estimate of drug-likeness (QED) is 0.859. The van der Waals surface area contributed by atoms with E-state index in [1.54, 1.807) is 12.1 Å². The summed E-state index contributed by atoms with van der Waals surface area (Å²) in [5.41, 5.74) is 6.61. The first-order valence-electron chi connectivity index (χ1n) is 5.78. The molecule has 2 N–H and O–H groups in total. The first-order valence-corrected chi connectivity index (χ1v) is 5.78. The van der Waals surface area contributed by atoms with E-state index in [2.05, 4.69) is 0 Å². The average molecular weight is 241 g/mol. The van der Waals surface area contributed by atoms with Crippen molar-refractivity contribution in [3.63, 3.8) is 0 Å². The number of halogens is 2. The molecule has 4 heteroatoms. The Morgan fingerprint density at radius 1 is 1.41 bits per heavy atom. The number of hydrogen-bond acceptors (Lipinski definition) is 2. The minimum Gasteiger partial charge on any atom is -0.497 e. The van der Waals surface area contributed by atoms with Crippen LogP contribution < -0.4 is 10.5 Å². The van der Waals surface area contributed by atoms with Crippen LogP contribution in [0, 0.1) is 0 Å². The van der Waals surface area contributed by atoms with E-state index >= 15 is 0 Å². The summed E-state index contributed by atoms with van der Waals surface area (Å²) in [5.74, 6) is 0.617. The smallest absolute Gasteiger partial charge is 0.264 e. The average Bonchev–Trinajstić information content (AvgIpc) is 3.04. The van der Waals surface area contributed by atoms with Gasteiger partial charge >= 0.3 is 0 Å². The van der Waals surface area contributed by atoms with Gasteiger partial charge in [0.15, 0.2) is 0 Å². The number of rotatable bonds is 5. The van der Waals surface area contributed by atoms with Crippen molar-refractivity contribution in [2.45, 2.75) is 37.6 Å². The van der Waals surface area contributed by atoms with Crippen molar-refractivity contribution in [2.24, 2.45) is 5.73 Å². The molecule has 0 unspecified atom stereocenters. The Morgan fingerprint density at radius 2 is 2.12 bits per heavy atom. The molecule has 0 heterocycles. The summed E-state index contributed by atoms with van der Waals surface area (Å²) in [7, 11) is 1.53. The molecule has 2 nitrogen and oxygen atoms in total. The molecule has 17 heavy (non-hydrogen) atoms. The summed E-state index contributed by atoms with van der Waals surface area (Å²) in [4.78, 5) is 0. The van der Waals surface area contributed by atoms with Gasteiger partial charge < -0.3 is 10.5 Å². The largest absolute Gasteiger partial charge is 0.497 e. The number of methoxy groups -OCH3 is 1. The van der Waals surface area contributed by atoms with Crippen molar-refractivity contribution in [1.82, 2.24) is 0 Å². The predicted molar refractivity (Wildman–Crippen MR) is 62.4 cm³/mol. The summed E-state index contributed by atoms with van der Waals surface area (Å²) in [6.45, 7) is 0. The summed E-state index contributed by atoms with van der Waals surface area (Å²) in [5, 5.41) is 0. The van der Waals surface area contributed by atoms with Crippen LogP contribution in [-0.4, -0.2) is 12.6 Å². The molecule has 0 spiro atoms. The SMILES string of the molecule is COc1ccc(C(F)F)c(CCC2(N)CC2)c1. The molecule has 1 aromatic carbocycles. The molecule has 0 saturated heterocycles. The van der Waals surface area contributed by atoms with Gasteiger partial charge in [0, 0.05) is 11.1 Å². The minimum atomic E-state index is -2.44. The Kier molecular flexibility index (Phi) is 3.33. The maximum Gasteiger partial charge on any atom is 0.264 e. The Morgan fingerprint density at radius 3 is 2.65 bits per heavy atom. The maximum absolute atomic E-state index is 12.8. The van der Waals surface area contributed by atoms with Gasteiger partial charge in [-0.05, 0) is 49.4 Å². The number of ether oxygens (including phenoxy) is 1. The fourth-order valence-corrected chi connectivity index (χ4v) is 1.93. The molecule has 1 fully saturated rings. The van der Waals surface area contributed by atoms with Crippen molar-refractivity contribution >= 4 is 0 Å². The van der Waals surface area contributed by atoms with Crippen LogP contribution in [0.25, 0.3) is 0 Å². The summed E-state index contributed by atoms with van der Waals surface area (Å²) in [6, 6.07) is 4.70. The van der Waals surface area contributed by atoms with Gasteiger partial charge in [0.25, 0.3) is 6.43 Å². The van der Waals surface area contributed by atoms with Crippen LogP contribution >= 0.6 is 0 Å². The molecule has 0 radical (unpaired) electrons. The lowest BCUT2D eigenvalue weighted by atomic mass is 9.99. The molecule has 0 atom stereocenters. The van der Waals surface area contributed by atoms with Crippen molar-refractivity contribution in [2.75, 3.05) is 7.11 Å². The summed E-state index contributed by atoms with van der Waals surface area (Å²) < 4.78 is 30.7. The third-order valence-corrected chi connectivity index (χ3v) is 3.37. The number of alkyl halides is 2. The molecule has 94 valence electrons. The van der Waals surface area contributed by atoms with Gasteiger partial charge in [-0.25, -0.2) is 8.78 Å². The first-order chi connectivity index (χ1) is 8.04. The maximum atomic E-state index is 12.8. The zero-order chi connectivity index (χ0) is 12.5. The number of benzene rings is 1. The second-order valence-corrected chi connectivity index (χ2v) is 4.73. The van der Waals surface area contributed by atoms with E-state index in [9.17, 15) is 8.78 Å². The standard InChI is InChI=1S/C13H17F2NO/c1-17-10-2-3-11(12(14)15)9(8-10)4-5-13(16)6-7-13/h2-3,8,12H,4-7,16H2,1H3. The van der Waals surface area contributed by atoms with Crippen molar-refractivity contribution in [3.8, 4) is 5.75 Å². The lowest BCUT2D eigenvalue weighted by Crippen LogP contribution is -2.22. The molecule has 0 bridgehead atoms. The molecular weight excluding hydrogens is 224 g/mol. The number of hydrogen-bond donors (Lipinski definition) is 1. The number of nitrogens with two attached hydrogens (primary N) is 1. The molecule has 1 saturated carbocycles. The van der Waals surface area contributed by atoms with Crippen LogP contribution in [0.15, 0.2) is 18.2 Å². The van der Waals surface area contributed by atoms with Crippen molar-refractivity contribution < 1.29 is 13.5 Å². The van der Waals surface area contributed by atoms with Gasteiger partial charge in [-0.2, -0.15) is 0 Å². The molecule has 0 aromatic heterocycles. The van der Waals surface area contributed by atoms with Crippen LogP contribution in [0.3, 0.4) is 0 Å². The monoisotopic (exact) mass is 241 g/mol. The summed E-state index contributed by atoms with van der Waals surface area (Å²) >= 11 is 0. The highest BCUT2D eigenvalue weighted by Crippen LogP contribution is 2.38. The number of aryl methyl sites for hydroxylation is 1. The van der Waals surface area contributed by atoms with Gasteiger partial charge in [0.1, 0.15) is 5.75 Å². The Hall–Kier alpha value is -1.16. The van der Waals surface area contributed by atoms with Gasteiger partial charge in [-0.1, -0.05) is 0 Å². The molecule has 2 rings (SSSR count). The van der Waals surface area contributed by atoms with E-state index in [4.69, 9.17) is 10.5 Å². The van der Waals surface area contributed by atoms with Gasteiger partial charge in [0.05, 0.1) is 7.11 Å². The molecule has 1 aliphatic rings. The Bertz CT molecular complexity index is 402. The fourth-order valence-electron chi connectivity index (χ4n) is 1.93. The molecule has 1 aromatic rings. The fraction of sp³-hybridized carbons (Fsp3) is 0.538. The molecule has 0 amide bonds. The van der Waals surface area contributed by atoms with Crippen LogP contribution in [0.1, 0.15) is 36.8 Å². The van der Waals surface area contributed by atoms with E-state index in [-0.39, 0.29) is 11.1 Å². The molecule has 1 aliphatic carbocycles. The molecule has 0 aliphatic heterocycles. The minimum absolute atomic E-state index is 0.0926. The lowest BCUT2D eigenvalue weighted by molar-refractivity contribution is 0.150. The third-order valence-electron chi connectivity index (χ3n) is 3.37. The van der Waals surface area contributed by atoms with E-state index in [1.807, 2.05) is 0 Å². The highest BCUT2D eigenvalue weighted by molar-refractivity contribution is 5.36. The zero-order valence-electron chi connectivity index (χ0n) is 9.88. The van der Waals surface area contributed by atoms with E-state index in [0.29, 0.717) is 17.7 Å². The second kappa shape index (κ2) is 4.61. The van der Waals surface area contributed by atoms with Crippen molar-refractivity contribution in [3.05, 3.63) is 29.3 Å². The van der Waals surface area contributed by atoms with Gasteiger partial charge in [-0.15, -0.1) is 0 Å². The van der Waals surface area contributed by atoms with Crippen molar-refractivity contribution in [1.29, 1.82) is 0 Å². The van der Waals surface area contributed by atoms with E-state index in [1.165, 1.54) is 13.2 Å². The first kappa shape index (κ1) is 12.3. The predicted octanol–water partition coefficient (Wildman–Crippen LogP) is 3.06. The molecular formula is C13H17F2NO. The van der Waals surface area contributed by atoms with E-state index in [0.717, 1.165) is 19.3 Å².